The Balaban J connectivity index is 1.29. The van der Waals surface area contributed by atoms with Gasteiger partial charge in [-0.1, -0.05) is 118 Å². The van der Waals surface area contributed by atoms with Crippen LogP contribution in [-0.2, 0) is 0 Å². The summed E-state index contributed by atoms with van der Waals surface area (Å²) in [5.74, 6) is 0. The van der Waals surface area contributed by atoms with Crippen LogP contribution < -0.4 is 0 Å². The van der Waals surface area contributed by atoms with Crippen molar-refractivity contribution in [2.75, 3.05) is 0 Å². The minimum absolute atomic E-state index is 0.447. The van der Waals surface area contributed by atoms with E-state index < -0.39 is 0 Å². The SMILES string of the molecule is Cc1ccc2c(c1)c1cc(C)ccc1n2-c1c(C#N)c(-n2c3ccc(C)cc3c3cc(C)ccc32)c(-n2c3ccccc3c3ccc4c5ccccc5sc4c32)c(C#N)c1-n1c2ccc(C)cc2c2cc(C)ccc21. The minimum atomic E-state index is 0.447. The van der Waals surface area contributed by atoms with Crippen molar-refractivity contribution < 1.29 is 0 Å². The molecule has 354 valence electrons. The molecule has 6 nitrogen and oxygen atoms in total. The molecule has 0 amide bonds. The molecule has 0 saturated heterocycles. The average Bonchev–Trinajstić information content (AvgIpc) is 4.36. The molecule has 0 N–H and O–H groups in total. The number of hydrogen-bond donors (Lipinski definition) is 0. The largest absolute Gasteiger partial charge is 0.306 e. The lowest BCUT2D eigenvalue weighted by molar-refractivity contribution is 1.02. The van der Waals surface area contributed by atoms with Gasteiger partial charge in [0, 0.05) is 58.6 Å². The number of nitrogens with zero attached hydrogens (tertiary/aromatic N) is 6. The number of benzene rings is 10. The molecule has 15 rings (SSSR count). The summed E-state index contributed by atoms with van der Waals surface area (Å²) in [7, 11) is 0. The van der Waals surface area contributed by atoms with Gasteiger partial charge in [-0.25, -0.2) is 0 Å². The first-order chi connectivity index (χ1) is 36.6. The van der Waals surface area contributed by atoms with Crippen LogP contribution in [0.25, 0.3) is 130 Å². The van der Waals surface area contributed by atoms with E-state index in [1.165, 1.54) is 10.1 Å². The lowest BCUT2D eigenvalue weighted by atomic mass is 9.98. The molecule has 0 aliphatic carbocycles. The molecule has 75 heavy (non-hydrogen) atoms. The number of thiophene rings is 1. The van der Waals surface area contributed by atoms with Crippen molar-refractivity contribution in [2.24, 2.45) is 0 Å². The maximum Gasteiger partial charge on any atom is 0.104 e. The number of rotatable bonds is 4. The van der Waals surface area contributed by atoms with Crippen molar-refractivity contribution in [1.82, 2.24) is 18.3 Å². The molecule has 0 unspecified atom stereocenters. The first-order valence-electron chi connectivity index (χ1n) is 25.5. The highest BCUT2D eigenvalue weighted by molar-refractivity contribution is 7.26. The quantitative estimate of drug-likeness (QED) is 0.176. The Bertz CT molecular complexity index is 4990. The monoisotopic (exact) mass is 978 g/mol. The molecule has 0 atom stereocenters. The van der Waals surface area contributed by atoms with Crippen LogP contribution in [0.2, 0.25) is 0 Å². The van der Waals surface area contributed by atoms with Gasteiger partial charge >= 0.3 is 0 Å². The number of para-hydroxylation sites is 1. The van der Waals surface area contributed by atoms with Crippen molar-refractivity contribution in [3.8, 4) is 34.9 Å². The van der Waals surface area contributed by atoms with E-state index in [-0.39, 0.29) is 0 Å². The van der Waals surface area contributed by atoms with Crippen LogP contribution in [0, 0.1) is 64.2 Å². The summed E-state index contributed by atoms with van der Waals surface area (Å²) in [5.41, 5.74) is 17.9. The molecular weight excluding hydrogens is 933 g/mol. The first kappa shape index (κ1) is 43.2. The highest BCUT2D eigenvalue weighted by Crippen LogP contribution is 2.51. The molecule has 5 heterocycles. The Hall–Kier alpha value is -9.40. The van der Waals surface area contributed by atoms with Crippen molar-refractivity contribution in [2.45, 2.75) is 41.5 Å². The van der Waals surface area contributed by atoms with Crippen molar-refractivity contribution in [3.63, 3.8) is 0 Å². The fourth-order valence-corrected chi connectivity index (χ4v) is 14.0. The molecule has 0 radical (unpaired) electrons. The van der Waals surface area contributed by atoms with E-state index in [0.717, 1.165) is 131 Å². The zero-order chi connectivity index (χ0) is 50.7. The van der Waals surface area contributed by atoms with E-state index in [2.05, 4.69) is 242 Å². The van der Waals surface area contributed by atoms with Gasteiger partial charge in [-0.2, -0.15) is 10.5 Å². The third-order valence-electron chi connectivity index (χ3n) is 15.9. The van der Waals surface area contributed by atoms with Gasteiger partial charge in [0.1, 0.15) is 23.3 Å². The molecule has 0 spiro atoms. The Labute approximate surface area is 435 Å². The predicted molar refractivity (Wildman–Crippen MR) is 315 cm³/mol. The van der Waals surface area contributed by atoms with Crippen molar-refractivity contribution >= 4 is 119 Å². The Morgan fingerprint density at radius 3 is 1.01 bits per heavy atom. The van der Waals surface area contributed by atoms with E-state index in [0.29, 0.717) is 33.9 Å². The van der Waals surface area contributed by atoms with Crippen molar-refractivity contribution in [1.29, 1.82) is 10.5 Å². The summed E-state index contributed by atoms with van der Waals surface area (Å²) in [4.78, 5) is 0. The molecule has 7 heteroatoms. The van der Waals surface area contributed by atoms with Gasteiger partial charge in [0.05, 0.1) is 71.6 Å². The van der Waals surface area contributed by atoms with Crippen LogP contribution in [0.15, 0.2) is 170 Å². The van der Waals surface area contributed by atoms with Gasteiger partial charge in [0.2, 0.25) is 0 Å². The summed E-state index contributed by atoms with van der Waals surface area (Å²) in [6.07, 6.45) is 0. The summed E-state index contributed by atoms with van der Waals surface area (Å²) in [5, 5.41) is 36.6. The molecule has 15 aromatic rings. The Morgan fingerprint density at radius 2 is 0.627 bits per heavy atom. The number of nitriles is 2. The molecule has 0 aliphatic rings. The number of fused-ring (bicyclic) bond motifs is 16. The highest BCUT2D eigenvalue weighted by atomic mass is 32.1. The maximum absolute atomic E-state index is 12.8. The second-order valence-corrected chi connectivity index (χ2v) is 21.8. The summed E-state index contributed by atoms with van der Waals surface area (Å²) >= 11 is 1.78. The minimum Gasteiger partial charge on any atom is -0.306 e. The summed E-state index contributed by atoms with van der Waals surface area (Å²) in [6.45, 7) is 12.8. The van der Waals surface area contributed by atoms with Gasteiger partial charge in [-0.15, -0.1) is 11.3 Å². The molecular formula is C68H46N6S. The number of aryl methyl sites for hydroxylation is 6. The second kappa shape index (κ2) is 15.6. The zero-order valence-electron chi connectivity index (χ0n) is 42.3. The fraction of sp³-hybridized carbons (Fsp3) is 0.0882. The van der Waals surface area contributed by atoms with Crippen LogP contribution in [0.5, 0.6) is 0 Å². The molecule has 5 aromatic heterocycles. The highest BCUT2D eigenvalue weighted by Gasteiger charge is 2.35. The van der Waals surface area contributed by atoms with Gasteiger partial charge in [0.25, 0.3) is 0 Å². The maximum atomic E-state index is 12.8. The van der Waals surface area contributed by atoms with Crippen molar-refractivity contribution in [3.05, 3.63) is 214 Å². The zero-order valence-corrected chi connectivity index (χ0v) is 43.1. The van der Waals surface area contributed by atoms with E-state index in [4.69, 9.17) is 0 Å². The summed E-state index contributed by atoms with van der Waals surface area (Å²) < 4.78 is 11.6. The standard InChI is InChI=1S/C68H46N6S/c1-37-15-23-56-47(29-37)48-30-38(2)16-24-57(48)71(56)63-53(35-69)65(73-60-27-19-41(5)33-51(60)52-34-42(6)20-28-61(52)73)66(54(36-70)64(63)72-58-25-17-39(3)31-49(58)50-32-40(4)18-26-59(50)72)74-55-13-9-7-11-43(55)45-21-22-46-44-12-8-10-14-62(44)75-68(46)67(45)74/h7-34H,1-6H3. The molecule has 0 aliphatic heterocycles. The predicted octanol–water partition coefficient (Wildman–Crippen LogP) is 18.0. The molecule has 10 aromatic carbocycles. The lowest BCUT2D eigenvalue weighted by Gasteiger charge is -2.27. The van der Waals surface area contributed by atoms with Gasteiger partial charge in [0.15, 0.2) is 0 Å². The van der Waals surface area contributed by atoms with Gasteiger partial charge < -0.3 is 18.3 Å². The molecule has 0 fully saturated rings. The van der Waals surface area contributed by atoms with Crippen LogP contribution in [-0.4, -0.2) is 18.3 Å². The van der Waals surface area contributed by atoms with E-state index >= 15 is 0 Å². The lowest BCUT2D eigenvalue weighted by Crippen LogP contribution is -2.16. The van der Waals surface area contributed by atoms with E-state index in [1.54, 1.807) is 11.3 Å². The third-order valence-corrected chi connectivity index (χ3v) is 17.1. The normalized spacial score (nSPS) is 12.1. The number of aromatic nitrogens is 4. The second-order valence-electron chi connectivity index (χ2n) is 20.8. The topological polar surface area (TPSA) is 67.3 Å². The van der Waals surface area contributed by atoms with Crippen LogP contribution in [0.4, 0.5) is 0 Å². The molecule has 0 saturated carbocycles. The van der Waals surface area contributed by atoms with Crippen LogP contribution in [0.1, 0.15) is 44.5 Å². The smallest absolute Gasteiger partial charge is 0.104 e. The van der Waals surface area contributed by atoms with Crippen LogP contribution in [0.3, 0.4) is 0 Å². The van der Waals surface area contributed by atoms with Gasteiger partial charge in [-0.05, 0) is 126 Å². The Morgan fingerprint density at radius 1 is 0.307 bits per heavy atom. The fourth-order valence-electron chi connectivity index (χ4n) is 12.7. The average molecular weight is 979 g/mol. The van der Waals surface area contributed by atoms with E-state index in [9.17, 15) is 10.5 Å². The van der Waals surface area contributed by atoms with Gasteiger partial charge in [-0.3, -0.25) is 0 Å². The molecule has 0 bridgehead atoms. The van der Waals surface area contributed by atoms with Crippen LogP contribution >= 0.6 is 11.3 Å². The number of hydrogen-bond acceptors (Lipinski definition) is 3. The summed E-state index contributed by atoms with van der Waals surface area (Å²) in [6, 6.07) is 67.5. The first-order valence-corrected chi connectivity index (χ1v) is 26.3. The Kier molecular flexibility index (Phi) is 8.96. The third kappa shape index (κ3) is 5.87. The van der Waals surface area contributed by atoms with E-state index in [1.807, 2.05) is 0 Å².